The van der Waals surface area contributed by atoms with Crippen molar-refractivity contribution >= 4 is 5.91 Å². The van der Waals surface area contributed by atoms with Crippen molar-refractivity contribution in [3.8, 4) is 11.5 Å². The minimum Gasteiger partial charge on any atom is -0.493 e. The second-order valence-electron chi connectivity index (χ2n) is 7.80. The van der Waals surface area contributed by atoms with Crippen molar-refractivity contribution in [3.05, 3.63) is 47.9 Å². The van der Waals surface area contributed by atoms with E-state index in [-0.39, 0.29) is 11.3 Å². The summed E-state index contributed by atoms with van der Waals surface area (Å²) in [5.74, 6) is 2.64. The van der Waals surface area contributed by atoms with Crippen LogP contribution in [0.2, 0.25) is 0 Å². The number of piperidine rings is 1. The van der Waals surface area contributed by atoms with E-state index in [2.05, 4.69) is 4.90 Å². The molecule has 150 valence electrons. The van der Waals surface area contributed by atoms with Crippen LogP contribution in [0.15, 0.2) is 41.0 Å². The molecule has 4 rings (SSSR count). The van der Waals surface area contributed by atoms with Gasteiger partial charge in [-0.25, -0.2) is 0 Å². The van der Waals surface area contributed by atoms with Crippen LogP contribution in [0.25, 0.3) is 0 Å². The van der Waals surface area contributed by atoms with Gasteiger partial charge in [-0.3, -0.25) is 9.69 Å². The highest BCUT2D eigenvalue weighted by molar-refractivity contribution is 5.84. The summed E-state index contributed by atoms with van der Waals surface area (Å²) in [6, 6.07) is 9.74. The molecule has 1 aromatic carbocycles. The topological polar surface area (TPSA) is 55.2 Å². The highest BCUT2D eigenvalue weighted by Crippen LogP contribution is 2.41. The maximum atomic E-state index is 13.5. The quantitative estimate of drug-likeness (QED) is 0.765. The molecular formula is C22H28N2O4. The zero-order chi connectivity index (χ0) is 19.6. The van der Waals surface area contributed by atoms with Crippen LogP contribution in [0.3, 0.4) is 0 Å². The van der Waals surface area contributed by atoms with Crippen LogP contribution in [0.5, 0.6) is 11.5 Å². The molecule has 2 saturated heterocycles. The number of benzene rings is 1. The zero-order valence-electron chi connectivity index (χ0n) is 16.6. The van der Waals surface area contributed by atoms with Crippen molar-refractivity contribution in [2.75, 3.05) is 33.9 Å². The Labute approximate surface area is 166 Å². The van der Waals surface area contributed by atoms with Crippen molar-refractivity contribution in [3.63, 3.8) is 0 Å². The fraction of sp³-hybridized carbons (Fsp3) is 0.500. The van der Waals surface area contributed by atoms with E-state index in [9.17, 15) is 4.79 Å². The van der Waals surface area contributed by atoms with Crippen LogP contribution < -0.4 is 9.47 Å². The van der Waals surface area contributed by atoms with E-state index < -0.39 is 0 Å². The van der Waals surface area contributed by atoms with E-state index in [0.717, 1.165) is 56.8 Å². The number of hydrogen-bond acceptors (Lipinski definition) is 5. The normalized spacial score (nSPS) is 22.8. The molecule has 0 saturated carbocycles. The third kappa shape index (κ3) is 3.49. The molecule has 3 heterocycles. The predicted molar refractivity (Wildman–Crippen MR) is 105 cm³/mol. The number of nitrogens with zero attached hydrogens (tertiary/aromatic N) is 2. The standard InChI is InChI=1S/C22H28N2O4/c1-26-19-8-3-6-17(20(19)27-2)14-24-11-5-9-22(21(24)25)10-12-23(16-22)15-18-7-4-13-28-18/h3-4,6-8,13H,5,9-12,14-16H2,1-2H3/t22-/m0/s1. The van der Waals surface area contributed by atoms with E-state index in [1.165, 1.54) is 0 Å². The van der Waals surface area contributed by atoms with Gasteiger partial charge in [-0.15, -0.1) is 0 Å². The molecule has 6 nitrogen and oxygen atoms in total. The van der Waals surface area contributed by atoms with E-state index >= 15 is 0 Å². The van der Waals surface area contributed by atoms with Gasteiger partial charge in [0.05, 0.1) is 32.4 Å². The van der Waals surface area contributed by atoms with Crippen LogP contribution in [0.1, 0.15) is 30.6 Å². The summed E-state index contributed by atoms with van der Waals surface area (Å²) >= 11 is 0. The number of ether oxygens (including phenoxy) is 2. The van der Waals surface area contributed by atoms with E-state index in [4.69, 9.17) is 13.9 Å². The molecule has 2 aromatic rings. The Morgan fingerprint density at radius 1 is 1.07 bits per heavy atom. The number of para-hydroxylation sites is 1. The molecule has 0 bridgehead atoms. The lowest BCUT2D eigenvalue weighted by molar-refractivity contribution is -0.146. The second kappa shape index (κ2) is 7.87. The lowest BCUT2D eigenvalue weighted by atomic mass is 9.78. The Morgan fingerprint density at radius 2 is 1.96 bits per heavy atom. The maximum absolute atomic E-state index is 13.5. The van der Waals surface area contributed by atoms with E-state index in [0.29, 0.717) is 18.0 Å². The van der Waals surface area contributed by atoms with Crippen LogP contribution in [0, 0.1) is 5.41 Å². The first-order valence-corrected chi connectivity index (χ1v) is 9.89. The Morgan fingerprint density at radius 3 is 2.71 bits per heavy atom. The van der Waals surface area contributed by atoms with Gasteiger partial charge in [0.2, 0.25) is 5.91 Å². The Hall–Kier alpha value is -2.47. The van der Waals surface area contributed by atoms with Gasteiger partial charge >= 0.3 is 0 Å². The number of carbonyl (C=O) groups is 1. The van der Waals surface area contributed by atoms with Crippen molar-refractivity contribution in [2.24, 2.45) is 5.41 Å². The maximum Gasteiger partial charge on any atom is 0.230 e. The van der Waals surface area contributed by atoms with Crippen molar-refractivity contribution in [1.29, 1.82) is 0 Å². The van der Waals surface area contributed by atoms with Crippen molar-refractivity contribution in [2.45, 2.75) is 32.4 Å². The number of amides is 1. The van der Waals surface area contributed by atoms with Gasteiger partial charge in [0.1, 0.15) is 5.76 Å². The molecule has 28 heavy (non-hydrogen) atoms. The highest BCUT2D eigenvalue weighted by atomic mass is 16.5. The Balaban J connectivity index is 1.48. The molecular weight excluding hydrogens is 356 g/mol. The molecule has 2 fully saturated rings. The van der Waals surface area contributed by atoms with E-state index in [1.54, 1.807) is 20.5 Å². The number of rotatable bonds is 6. The van der Waals surface area contributed by atoms with Gasteiger partial charge in [0, 0.05) is 25.2 Å². The third-order valence-corrected chi connectivity index (χ3v) is 6.06. The lowest BCUT2D eigenvalue weighted by Gasteiger charge is -2.39. The molecule has 2 aliphatic rings. The van der Waals surface area contributed by atoms with Gasteiger partial charge in [0.15, 0.2) is 11.5 Å². The SMILES string of the molecule is COc1cccc(CN2CCC[C@@]3(CCN(Cc4ccco4)C3)C2=O)c1OC. The number of furan rings is 1. The molecule has 1 aromatic heterocycles. The number of methoxy groups -OCH3 is 2. The van der Waals surface area contributed by atoms with Gasteiger partial charge in [-0.1, -0.05) is 12.1 Å². The molecule has 0 aliphatic carbocycles. The molecule has 0 unspecified atom stereocenters. The summed E-state index contributed by atoms with van der Waals surface area (Å²) in [4.78, 5) is 17.8. The minimum absolute atomic E-state index is 0.267. The van der Waals surface area contributed by atoms with Crippen molar-refractivity contribution < 1.29 is 18.7 Å². The van der Waals surface area contributed by atoms with Crippen LogP contribution in [0.4, 0.5) is 0 Å². The Bertz CT molecular complexity index is 820. The average molecular weight is 384 g/mol. The third-order valence-electron chi connectivity index (χ3n) is 6.06. The number of likely N-dealkylation sites (tertiary alicyclic amines) is 2. The number of hydrogen-bond donors (Lipinski definition) is 0. The summed E-state index contributed by atoms with van der Waals surface area (Å²) in [6.07, 6.45) is 4.62. The molecule has 6 heteroatoms. The predicted octanol–water partition coefficient (Wildman–Crippen LogP) is 3.31. The Kier molecular flexibility index (Phi) is 5.31. The van der Waals surface area contributed by atoms with Crippen LogP contribution >= 0.6 is 0 Å². The molecule has 2 aliphatic heterocycles. The van der Waals surface area contributed by atoms with Gasteiger partial charge in [-0.05, 0) is 44.0 Å². The zero-order valence-corrected chi connectivity index (χ0v) is 16.6. The summed E-state index contributed by atoms with van der Waals surface area (Å²) in [7, 11) is 3.28. The van der Waals surface area contributed by atoms with Crippen LogP contribution in [-0.4, -0.2) is 49.6 Å². The van der Waals surface area contributed by atoms with Gasteiger partial charge in [0.25, 0.3) is 0 Å². The van der Waals surface area contributed by atoms with Gasteiger partial charge < -0.3 is 18.8 Å². The molecule has 1 spiro atoms. The summed E-state index contributed by atoms with van der Waals surface area (Å²) in [5.41, 5.74) is 0.717. The average Bonchev–Trinajstić information content (AvgIpc) is 3.36. The first kappa shape index (κ1) is 18.9. The number of carbonyl (C=O) groups excluding carboxylic acids is 1. The smallest absolute Gasteiger partial charge is 0.230 e. The molecule has 1 atom stereocenters. The monoisotopic (exact) mass is 384 g/mol. The summed E-state index contributed by atoms with van der Waals surface area (Å²) in [6.45, 7) is 3.85. The second-order valence-corrected chi connectivity index (χ2v) is 7.80. The lowest BCUT2D eigenvalue weighted by Crippen LogP contribution is -2.49. The minimum atomic E-state index is -0.267. The van der Waals surface area contributed by atoms with Gasteiger partial charge in [-0.2, -0.15) is 0 Å². The summed E-state index contributed by atoms with van der Waals surface area (Å²) < 4.78 is 16.4. The summed E-state index contributed by atoms with van der Waals surface area (Å²) in [5, 5.41) is 0. The first-order chi connectivity index (χ1) is 13.6. The highest BCUT2D eigenvalue weighted by Gasteiger charge is 2.48. The molecule has 1 amide bonds. The van der Waals surface area contributed by atoms with Crippen molar-refractivity contribution in [1.82, 2.24) is 9.80 Å². The van der Waals surface area contributed by atoms with E-state index in [1.807, 2.05) is 35.2 Å². The fourth-order valence-electron chi connectivity index (χ4n) is 4.68. The largest absolute Gasteiger partial charge is 0.493 e. The van der Waals surface area contributed by atoms with Crippen LogP contribution in [-0.2, 0) is 17.9 Å². The first-order valence-electron chi connectivity index (χ1n) is 9.89. The fourth-order valence-corrected chi connectivity index (χ4v) is 4.68. The molecule has 0 radical (unpaired) electrons. The molecule has 0 N–H and O–H groups in total.